The Morgan fingerprint density at radius 1 is 1.53 bits per heavy atom. The molecule has 106 valence electrons. The van der Waals surface area contributed by atoms with Crippen molar-refractivity contribution in [3.8, 4) is 0 Å². The zero-order valence-corrected chi connectivity index (χ0v) is 12.0. The Labute approximate surface area is 113 Å². The van der Waals surface area contributed by atoms with Crippen LogP contribution in [0.3, 0.4) is 0 Å². The molecule has 5 heteroatoms. The molecule has 1 amide bonds. The van der Waals surface area contributed by atoms with Gasteiger partial charge in [-0.1, -0.05) is 6.92 Å². The van der Waals surface area contributed by atoms with Crippen molar-refractivity contribution in [3.63, 3.8) is 0 Å². The molecule has 0 bridgehead atoms. The second-order valence-corrected chi connectivity index (χ2v) is 4.64. The first-order chi connectivity index (χ1) is 9.01. The van der Waals surface area contributed by atoms with E-state index in [0.29, 0.717) is 13.2 Å². The van der Waals surface area contributed by atoms with Gasteiger partial charge >= 0.3 is 0 Å². The largest absolute Gasteiger partial charge is 0.383 e. The molecule has 1 heterocycles. The number of aryl methyl sites for hydroxylation is 1. The quantitative estimate of drug-likeness (QED) is 0.850. The van der Waals surface area contributed by atoms with Gasteiger partial charge in [0.25, 0.3) is 5.91 Å². The smallest absolute Gasteiger partial charge is 0.259 e. The van der Waals surface area contributed by atoms with E-state index in [0.717, 1.165) is 12.1 Å². The Morgan fingerprint density at radius 3 is 2.74 bits per heavy atom. The molecule has 0 spiro atoms. The molecule has 1 rings (SSSR count). The highest BCUT2D eigenvalue weighted by atomic mass is 16.5. The molecule has 0 aliphatic carbocycles. The maximum atomic E-state index is 12.4. The number of nitrogens with one attached hydrogen (secondary N) is 1. The topological polar surface area (TPSA) is 62.4 Å². The van der Waals surface area contributed by atoms with Crippen LogP contribution in [0.4, 0.5) is 0 Å². The zero-order valence-electron chi connectivity index (χ0n) is 12.0. The van der Waals surface area contributed by atoms with Gasteiger partial charge in [-0.05, 0) is 20.3 Å². The monoisotopic (exact) mass is 266 g/mol. The molecule has 0 radical (unpaired) electrons. The summed E-state index contributed by atoms with van der Waals surface area (Å²) in [6.45, 7) is 6.71. The highest BCUT2D eigenvalue weighted by molar-refractivity contribution is 5.94. The number of ether oxygens (including phenoxy) is 1. The van der Waals surface area contributed by atoms with Crippen LogP contribution in [-0.4, -0.2) is 42.1 Å². The van der Waals surface area contributed by atoms with Crippen LogP contribution >= 0.6 is 0 Å². The van der Waals surface area contributed by atoms with E-state index in [-0.39, 0.29) is 22.9 Å². The minimum atomic E-state index is -0.244. The molecule has 1 N–H and O–H groups in total. The average Bonchev–Trinajstić information content (AvgIpc) is 2.38. The Hall–Kier alpha value is -1.62. The van der Waals surface area contributed by atoms with Crippen molar-refractivity contribution in [1.82, 2.24) is 9.88 Å². The van der Waals surface area contributed by atoms with Gasteiger partial charge in [0.15, 0.2) is 5.43 Å². The maximum Gasteiger partial charge on any atom is 0.259 e. The third-order valence-corrected chi connectivity index (χ3v) is 3.21. The third-order valence-electron chi connectivity index (χ3n) is 3.21. The number of carbonyl (C=O) groups is 1. The van der Waals surface area contributed by atoms with Gasteiger partial charge in [0, 0.05) is 37.7 Å². The van der Waals surface area contributed by atoms with Crippen molar-refractivity contribution in [2.75, 3.05) is 20.3 Å². The van der Waals surface area contributed by atoms with E-state index >= 15 is 0 Å². The molecular weight excluding hydrogens is 244 g/mol. The Kier molecular flexibility index (Phi) is 5.76. The van der Waals surface area contributed by atoms with E-state index in [1.807, 2.05) is 13.8 Å². The van der Waals surface area contributed by atoms with E-state index in [1.54, 1.807) is 18.9 Å². The summed E-state index contributed by atoms with van der Waals surface area (Å²) < 4.78 is 5.02. The molecule has 1 unspecified atom stereocenters. The lowest BCUT2D eigenvalue weighted by atomic mass is 10.1. The molecule has 0 aliphatic heterocycles. The number of nitrogens with zero attached hydrogens (tertiary/aromatic N) is 1. The Bertz CT molecular complexity index is 482. The first-order valence-corrected chi connectivity index (χ1v) is 6.50. The van der Waals surface area contributed by atoms with Gasteiger partial charge in [-0.25, -0.2) is 0 Å². The lowest BCUT2D eigenvalue weighted by Gasteiger charge is -2.28. The number of hydrogen-bond donors (Lipinski definition) is 1. The van der Waals surface area contributed by atoms with Crippen LogP contribution in [0.25, 0.3) is 0 Å². The number of hydrogen-bond acceptors (Lipinski definition) is 3. The molecule has 0 saturated heterocycles. The minimum absolute atomic E-state index is 0.0725. The second kappa shape index (κ2) is 7.09. The predicted molar refractivity (Wildman–Crippen MR) is 74.5 cm³/mol. The number of carbonyl (C=O) groups excluding carboxylic acids is 1. The van der Waals surface area contributed by atoms with Crippen molar-refractivity contribution in [2.45, 2.75) is 33.2 Å². The van der Waals surface area contributed by atoms with E-state index < -0.39 is 0 Å². The highest BCUT2D eigenvalue weighted by Crippen LogP contribution is 2.08. The number of aromatic amines is 1. The van der Waals surface area contributed by atoms with Gasteiger partial charge in [-0.3, -0.25) is 9.59 Å². The molecule has 19 heavy (non-hydrogen) atoms. The summed E-state index contributed by atoms with van der Waals surface area (Å²) in [5.41, 5.74) is 0.683. The summed E-state index contributed by atoms with van der Waals surface area (Å²) in [4.78, 5) is 28.9. The van der Waals surface area contributed by atoms with Crippen LogP contribution < -0.4 is 5.43 Å². The van der Waals surface area contributed by atoms with Crippen LogP contribution in [0.2, 0.25) is 0 Å². The molecule has 1 aromatic heterocycles. The fraction of sp³-hybridized carbons (Fsp3) is 0.571. The molecule has 0 aromatic carbocycles. The standard InChI is InChI=1S/C14H22N2O3/c1-5-11(3)16(6-7-19-4)14(18)12-9-15-10(2)8-13(12)17/h8-9,11H,5-7H2,1-4H3,(H,15,17). The van der Waals surface area contributed by atoms with Crippen molar-refractivity contribution < 1.29 is 9.53 Å². The van der Waals surface area contributed by atoms with Gasteiger partial charge in [0.2, 0.25) is 0 Å². The predicted octanol–water partition coefficient (Wildman–Crippen LogP) is 1.57. The summed E-state index contributed by atoms with van der Waals surface area (Å²) in [5.74, 6) is -0.243. The molecule has 1 aromatic rings. The van der Waals surface area contributed by atoms with Gasteiger partial charge in [0.1, 0.15) is 5.56 Å². The van der Waals surface area contributed by atoms with Crippen LogP contribution in [-0.2, 0) is 4.74 Å². The summed E-state index contributed by atoms with van der Waals surface area (Å²) in [5, 5.41) is 0. The van der Waals surface area contributed by atoms with Crippen molar-refractivity contribution >= 4 is 5.91 Å². The van der Waals surface area contributed by atoms with Crippen molar-refractivity contribution in [3.05, 3.63) is 33.7 Å². The normalized spacial score (nSPS) is 12.2. The summed E-state index contributed by atoms with van der Waals surface area (Å²) in [7, 11) is 1.60. The number of H-pyrrole nitrogens is 1. The Balaban J connectivity index is 3.01. The SMILES string of the molecule is CCC(C)N(CCOC)C(=O)c1c[nH]c(C)cc1=O. The molecule has 0 saturated carbocycles. The lowest BCUT2D eigenvalue weighted by Crippen LogP contribution is -2.42. The average molecular weight is 266 g/mol. The molecular formula is C14H22N2O3. The number of amides is 1. The van der Waals surface area contributed by atoms with Crippen LogP contribution in [0.1, 0.15) is 36.3 Å². The van der Waals surface area contributed by atoms with E-state index in [4.69, 9.17) is 4.74 Å². The zero-order chi connectivity index (χ0) is 14.4. The van der Waals surface area contributed by atoms with Gasteiger partial charge in [0.05, 0.1) is 6.61 Å². The number of methoxy groups -OCH3 is 1. The first-order valence-electron chi connectivity index (χ1n) is 6.50. The number of rotatable bonds is 6. The maximum absolute atomic E-state index is 12.4. The van der Waals surface area contributed by atoms with Gasteiger partial charge in [-0.2, -0.15) is 0 Å². The first kappa shape index (κ1) is 15.4. The van der Waals surface area contributed by atoms with Crippen LogP contribution in [0.5, 0.6) is 0 Å². The van der Waals surface area contributed by atoms with Crippen molar-refractivity contribution in [1.29, 1.82) is 0 Å². The molecule has 0 fully saturated rings. The summed E-state index contributed by atoms with van der Waals surface area (Å²) in [6, 6.07) is 1.52. The molecule has 1 atom stereocenters. The number of aromatic nitrogens is 1. The van der Waals surface area contributed by atoms with Gasteiger partial charge in [-0.15, -0.1) is 0 Å². The van der Waals surface area contributed by atoms with Gasteiger partial charge < -0.3 is 14.6 Å². The Morgan fingerprint density at radius 2 is 2.21 bits per heavy atom. The third kappa shape index (κ3) is 3.92. The summed E-state index contributed by atoms with van der Waals surface area (Å²) >= 11 is 0. The fourth-order valence-electron chi connectivity index (χ4n) is 1.83. The van der Waals surface area contributed by atoms with Crippen LogP contribution in [0, 0.1) is 6.92 Å². The van der Waals surface area contributed by atoms with E-state index in [2.05, 4.69) is 4.98 Å². The van der Waals surface area contributed by atoms with Crippen molar-refractivity contribution in [2.24, 2.45) is 0 Å². The summed E-state index contributed by atoms with van der Waals surface area (Å²) in [6.07, 6.45) is 2.32. The second-order valence-electron chi connectivity index (χ2n) is 4.64. The fourth-order valence-corrected chi connectivity index (χ4v) is 1.83. The van der Waals surface area contributed by atoms with E-state index in [9.17, 15) is 9.59 Å². The van der Waals surface area contributed by atoms with E-state index in [1.165, 1.54) is 12.3 Å². The minimum Gasteiger partial charge on any atom is -0.383 e. The molecule has 5 nitrogen and oxygen atoms in total. The number of pyridine rings is 1. The van der Waals surface area contributed by atoms with Crippen LogP contribution in [0.15, 0.2) is 17.1 Å². The lowest BCUT2D eigenvalue weighted by molar-refractivity contribution is 0.0612. The highest BCUT2D eigenvalue weighted by Gasteiger charge is 2.22. The molecule has 0 aliphatic rings.